The van der Waals surface area contributed by atoms with Gasteiger partial charge in [-0.2, -0.15) is 0 Å². The molecule has 2 fully saturated rings. The molecule has 1 saturated carbocycles. The average Bonchev–Trinajstić information content (AvgIpc) is 3.06. The third-order valence-corrected chi connectivity index (χ3v) is 4.08. The molecule has 0 aromatic rings. The first-order chi connectivity index (χ1) is 7.82. The molecule has 0 bridgehead atoms. The fourth-order valence-corrected chi connectivity index (χ4v) is 2.97. The lowest BCUT2D eigenvalue weighted by molar-refractivity contribution is 0.0145. The Kier molecular flexibility index (Phi) is 4.22. The van der Waals surface area contributed by atoms with Crippen molar-refractivity contribution in [2.75, 3.05) is 33.4 Å². The second-order valence-electron chi connectivity index (χ2n) is 5.26. The van der Waals surface area contributed by atoms with Crippen molar-refractivity contribution < 1.29 is 9.47 Å². The highest BCUT2D eigenvalue weighted by molar-refractivity contribution is 5.00. The van der Waals surface area contributed by atoms with Gasteiger partial charge in [0.05, 0.1) is 6.10 Å². The fourth-order valence-electron chi connectivity index (χ4n) is 2.97. The minimum absolute atomic E-state index is 0.340. The number of hydrogen-bond acceptors (Lipinski definition) is 3. The number of hydrogen-bond donors (Lipinski definition) is 1. The largest absolute Gasteiger partial charge is 0.385 e. The summed E-state index contributed by atoms with van der Waals surface area (Å²) in [5, 5.41) is 3.52. The van der Waals surface area contributed by atoms with Crippen LogP contribution in [-0.2, 0) is 9.47 Å². The molecule has 2 aliphatic rings. The molecule has 1 heterocycles. The Morgan fingerprint density at radius 3 is 2.88 bits per heavy atom. The van der Waals surface area contributed by atoms with Crippen LogP contribution in [0, 0.1) is 11.3 Å². The van der Waals surface area contributed by atoms with Gasteiger partial charge < -0.3 is 14.8 Å². The van der Waals surface area contributed by atoms with Crippen LogP contribution in [0.5, 0.6) is 0 Å². The van der Waals surface area contributed by atoms with E-state index in [1.807, 2.05) is 0 Å². The SMILES string of the molecule is CCNCC1(CCOC)CCOC1C1CC1. The van der Waals surface area contributed by atoms with Crippen LogP contribution in [0.2, 0.25) is 0 Å². The Morgan fingerprint density at radius 1 is 1.44 bits per heavy atom. The van der Waals surface area contributed by atoms with E-state index in [1.165, 1.54) is 19.3 Å². The van der Waals surface area contributed by atoms with E-state index in [2.05, 4.69) is 12.2 Å². The summed E-state index contributed by atoms with van der Waals surface area (Å²) >= 11 is 0. The van der Waals surface area contributed by atoms with Gasteiger partial charge in [-0.25, -0.2) is 0 Å². The van der Waals surface area contributed by atoms with Crippen molar-refractivity contribution in [3.63, 3.8) is 0 Å². The van der Waals surface area contributed by atoms with Crippen LogP contribution in [0.15, 0.2) is 0 Å². The van der Waals surface area contributed by atoms with E-state index in [0.717, 1.165) is 38.6 Å². The molecule has 3 heteroatoms. The Morgan fingerprint density at radius 2 is 2.25 bits per heavy atom. The van der Waals surface area contributed by atoms with Gasteiger partial charge in [0.1, 0.15) is 0 Å². The van der Waals surface area contributed by atoms with E-state index < -0.39 is 0 Å². The van der Waals surface area contributed by atoms with Crippen molar-refractivity contribution in [1.82, 2.24) is 5.32 Å². The summed E-state index contributed by atoms with van der Waals surface area (Å²) in [6.45, 7) is 6.11. The quantitative estimate of drug-likeness (QED) is 0.719. The van der Waals surface area contributed by atoms with Gasteiger partial charge in [-0.15, -0.1) is 0 Å². The molecular weight excluding hydrogens is 202 g/mol. The van der Waals surface area contributed by atoms with E-state index >= 15 is 0 Å². The Hall–Kier alpha value is -0.120. The van der Waals surface area contributed by atoms with Crippen LogP contribution in [-0.4, -0.2) is 39.5 Å². The normalized spacial score (nSPS) is 34.5. The molecule has 2 unspecified atom stereocenters. The molecule has 2 atom stereocenters. The van der Waals surface area contributed by atoms with Crippen molar-refractivity contribution >= 4 is 0 Å². The van der Waals surface area contributed by atoms with Gasteiger partial charge in [0.15, 0.2) is 0 Å². The molecule has 0 aromatic carbocycles. The number of methoxy groups -OCH3 is 1. The van der Waals surface area contributed by atoms with Crippen LogP contribution in [0.4, 0.5) is 0 Å². The number of rotatable bonds is 7. The first-order valence-electron chi connectivity index (χ1n) is 6.63. The van der Waals surface area contributed by atoms with Crippen LogP contribution in [0.3, 0.4) is 0 Å². The zero-order valence-electron chi connectivity index (χ0n) is 10.6. The molecule has 94 valence electrons. The summed E-state index contributed by atoms with van der Waals surface area (Å²) < 4.78 is 11.3. The van der Waals surface area contributed by atoms with Gasteiger partial charge in [0, 0.05) is 32.3 Å². The lowest BCUT2D eigenvalue weighted by Gasteiger charge is -2.34. The third-order valence-electron chi connectivity index (χ3n) is 4.08. The zero-order chi connectivity index (χ0) is 11.4. The summed E-state index contributed by atoms with van der Waals surface area (Å²) in [6, 6.07) is 0. The predicted molar refractivity (Wildman–Crippen MR) is 64.6 cm³/mol. The van der Waals surface area contributed by atoms with E-state index in [0.29, 0.717) is 11.5 Å². The van der Waals surface area contributed by atoms with E-state index in [-0.39, 0.29) is 0 Å². The second kappa shape index (κ2) is 5.48. The fraction of sp³-hybridized carbons (Fsp3) is 1.00. The standard InChI is InChI=1S/C13H25NO2/c1-3-14-10-13(6-8-15-2)7-9-16-12(13)11-4-5-11/h11-12,14H,3-10H2,1-2H3. The van der Waals surface area contributed by atoms with Crippen LogP contribution >= 0.6 is 0 Å². The van der Waals surface area contributed by atoms with Crippen LogP contribution in [0.25, 0.3) is 0 Å². The van der Waals surface area contributed by atoms with Crippen molar-refractivity contribution in [2.45, 2.75) is 38.7 Å². The van der Waals surface area contributed by atoms with Crippen molar-refractivity contribution in [3.8, 4) is 0 Å². The average molecular weight is 227 g/mol. The van der Waals surface area contributed by atoms with Crippen molar-refractivity contribution in [2.24, 2.45) is 11.3 Å². The summed E-state index contributed by atoms with van der Waals surface area (Å²) in [4.78, 5) is 0. The van der Waals surface area contributed by atoms with E-state index in [1.54, 1.807) is 7.11 Å². The number of nitrogens with one attached hydrogen (secondary N) is 1. The van der Waals surface area contributed by atoms with Crippen LogP contribution in [0.1, 0.15) is 32.6 Å². The molecule has 0 amide bonds. The molecule has 0 aromatic heterocycles. The summed E-state index contributed by atoms with van der Waals surface area (Å²) in [6.07, 6.45) is 5.56. The molecule has 1 aliphatic carbocycles. The maximum absolute atomic E-state index is 5.99. The Balaban J connectivity index is 1.98. The minimum Gasteiger partial charge on any atom is -0.385 e. The van der Waals surface area contributed by atoms with E-state index in [4.69, 9.17) is 9.47 Å². The Labute approximate surface area is 98.9 Å². The topological polar surface area (TPSA) is 30.5 Å². The highest BCUT2D eigenvalue weighted by atomic mass is 16.5. The van der Waals surface area contributed by atoms with Crippen LogP contribution < -0.4 is 5.32 Å². The number of ether oxygens (including phenoxy) is 2. The molecule has 1 saturated heterocycles. The van der Waals surface area contributed by atoms with Crippen molar-refractivity contribution in [1.29, 1.82) is 0 Å². The smallest absolute Gasteiger partial charge is 0.0673 e. The summed E-state index contributed by atoms with van der Waals surface area (Å²) in [7, 11) is 1.79. The molecule has 16 heavy (non-hydrogen) atoms. The highest BCUT2D eigenvalue weighted by Crippen LogP contribution is 2.49. The highest BCUT2D eigenvalue weighted by Gasteiger charge is 2.50. The first kappa shape index (κ1) is 12.3. The molecular formula is C13H25NO2. The van der Waals surface area contributed by atoms with E-state index in [9.17, 15) is 0 Å². The molecule has 0 spiro atoms. The summed E-state index contributed by atoms with van der Waals surface area (Å²) in [5.41, 5.74) is 0.340. The molecule has 1 aliphatic heterocycles. The minimum atomic E-state index is 0.340. The zero-order valence-corrected chi connectivity index (χ0v) is 10.6. The Bertz CT molecular complexity index is 208. The molecule has 2 rings (SSSR count). The maximum Gasteiger partial charge on any atom is 0.0673 e. The maximum atomic E-state index is 5.99. The first-order valence-corrected chi connectivity index (χ1v) is 6.63. The van der Waals surface area contributed by atoms with Gasteiger partial charge in [-0.05, 0) is 38.1 Å². The molecule has 1 N–H and O–H groups in total. The summed E-state index contributed by atoms with van der Waals surface area (Å²) in [5.74, 6) is 0.831. The third kappa shape index (κ3) is 2.58. The van der Waals surface area contributed by atoms with Gasteiger partial charge in [-0.3, -0.25) is 0 Å². The monoisotopic (exact) mass is 227 g/mol. The molecule has 3 nitrogen and oxygen atoms in total. The second-order valence-corrected chi connectivity index (χ2v) is 5.26. The van der Waals surface area contributed by atoms with Gasteiger partial charge >= 0.3 is 0 Å². The van der Waals surface area contributed by atoms with Gasteiger partial charge in [-0.1, -0.05) is 6.92 Å². The van der Waals surface area contributed by atoms with Gasteiger partial charge in [0.25, 0.3) is 0 Å². The van der Waals surface area contributed by atoms with Gasteiger partial charge in [0.2, 0.25) is 0 Å². The lowest BCUT2D eigenvalue weighted by Crippen LogP contribution is -2.42. The molecule has 0 radical (unpaired) electrons. The van der Waals surface area contributed by atoms with Crippen molar-refractivity contribution in [3.05, 3.63) is 0 Å². The lowest BCUT2D eigenvalue weighted by atomic mass is 9.76. The predicted octanol–water partition coefficient (Wildman–Crippen LogP) is 1.82.